The van der Waals surface area contributed by atoms with Gasteiger partial charge in [-0.1, -0.05) is 18.5 Å². The van der Waals surface area contributed by atoms with Crippen LogP contribution in [0.25, 0.3) is 0 Å². The van der Waals surface area contributed by atoms with Gasteiger partial charge in [-0.3, -0.25) is 14.9 Å². The third-order valence-corrected chi connectivity index (χ3v) is 4.92. The van der Waals surface area contributed by atoms with Crippen molar-refractivity contribution in [1.29, 1.82) is 0 Å². The van der Waals surface area contributed by atoms with Crippen molar-refractivity contribution in [1.82, 2.24) is 4.31 Å². The average Bonchev–Trinajstić information content (AvgIpc) is 2.38. The highest BCUT2D eigenvalue weighted by molar-refractivity contribution is 7.89. The zero-order chi connectivity index (χ0) is 16.2. The number of aliphatic carboxylic acids is 1. The monoisotopic (exact) mass is 336 g/mol. The fourth-order valence-corrected chi connectivity index (χ4v) is 3.41. The molecule has 0 atom stereocenters. The second kappa shape index (κ2) is 6.83. The molecule has 0 spiro atoms. The van der Waals surface area contributed by atoms with E-state index in [9.17, 15) is 23.3 Å². The van der Waals surface area contributed by atoms with Gasteiger partial charge in [0.25, 0.3) is 5.69 Å². The van der Waals surface area contributed by atoms with Crippen LogP contribution in [0.4, 0.5) is 5.69 Å². The zero-order valence-corrected chi connectivity index (χ0v) is 12.6. The Hall–Kier alpha value is -1.71. The van der Waals surface area contributed by atoms with Crippen LogP contribution in [0.2, 0.25) is 5.02 Å². The molecule has 0 unspecified atom stereocenters. The van der Waals surface area contributed by atoms with Gasteiger partial charge in [0.05, 0.1) is 11.3 Å². The molecule has 1 aromatic carbocycles. The zero-order valence-electron chi connectivity index (χ0n) is 11.0. The molecule has 1 aromatic rings. The molecule has 0 saturated heterocycles. The Morgan fingerprint density at radius 2 is 2.10 bits per heavy atom. The number of nitro groups is 1. The quantitative estimate of drug-likeness (QED) is 0.598. The van der Waals surface area contributed by atoms with E-state index in [-0.39, 0.29) is 18.1 Å². The van der Waals surface area contributed by atoms with E-state index >= 15 is 0 Å². The number of carbonyl (C=O) groups is 1. The largest absolute Gasteiger partial charge is 0.481 e. The fraction of sp³-hybridized carbons (Fsp3) is 0.364. The molecule has 0 aliphatic carbocycles. The van der Waals surface area contributed by atoms with Gasteiger partial charge in [-0.25, -0.2) is 8.42 Å². The van der Waals surface area contributed by atoms with E-state index in [1.54, 1.807) is 0 Å². The molecule has 8 nitrogen and oxygen atoms in total. The molecule has 0 aliphatic heterocycles. The first-order valence-corrected chi connectivity index (χ1v) is 7.67. The summed E-state index contributed by atoms with van der Waals surface area (Å²) in [6, 6.07) is 3.21. The highest BCUT2D eigenvalue weighted by Gasteiger charge is 2.31. The highest BCUT2D eigenvalue weighted by Crippen LogP contribution is 2.29. The van der Waals surface area contributed by atoms with Gasteiger partial charge in [0.1, 0.15) is 0 Å². The normalized spacial score (nSPS) is 11.6. The van der Waals surface area contributed by atoms with Crippen molar-refractivity contribution in [2.75, 3.05) is 13.1 Å². The van der Waals surface area contributed by atoms with Crippen LogP contribution in [0, 0.1) is 10.1 Å². The number of sulfonamides is 1. The molecular formula is C11H13ClN2O6S. The molecule has 0 saturated carbocycles. The van der Waals surface area contributed by atoms with Crippen molar-refractivity contribution >= 4 is 33.3 Å². The van der Waals surface area contributed by atoms with Gasteiger partial charge in [0.15, 0.2) is 4.90 Å². The Morgan fingerprint density at radius 1 is 1.48 bits per heavy atom. The van der Waals surface area contributed by atoms with Gasteiger partial charge in [-0.2, -0.15) is 4.31 Å². The summed E-state index contributed by atoms with van der Waals surface area (Å²) in [7, 11) is -4.17. The maximum Gasteiger partial charge on any atom is 0.304 e. The molecule has 0 aliphatic rings. The first-order chi connectivity index (χ1) is 9.70. The molecule has 0 amide bonds. The van der Waals surface area contributed by atoms with E-state index in [0.29, 0.717) is 0 Å². The van der Waals surface area contributed by atoms with Crippen molar-refractivity contribution in [3.63, 3.8) is 0 Å². The molecule has 1 rings (SSSR count). The van der Waals surface area contributed by atoms with E-state index in [1.165, 1.54) is 13.0 Å². The predicted octanol–water partition coefficient (Wildman–Crippen LogP) is 1.73. The smallest absolute Gasteiger partial charge is 0.304 e. The average molecular weight is 337 g/mol. The van der Waals surface area contributed by atoms with Crippen LogP contribution in [0.5, 0.6) is 0 Å². The SMILES string of the molecule is CCN(CCC(=O)O)S(=O)(=O)c1ccc(Cl)cc1[N+](=O)[O-]. The number of hydrogen-bond acceptors (Lipinski definition) is 5. The first kappa shape index (κ1) is 17.3. The first-order valence-electron chi connectivity index (χ1n) is 5.86. The number of carboxylic acids is 1. The summed E-state index contributed by atoms with van der Waals surface area (Å²) in [5.74, 6) is -1.16. The van der Waals surface area contributed by atoms with E-state index in [4.69, 9.17) is 16.7 Å². The molecule has 0 fully saturated rings. The number of nitro benzene ring substituents is 1. The van der Waals surface area contributed by atoms with Crippen LogP contribution in [0.15, 0.2) is 23.1 Å². The maximum absolute atomic E-state index is 12.4. The summed E-state index contributed by atoms with van der Waals surface area (Å²) < 4.78 is 25.7. The molecule has 0 heterocycles. The third kappa shape index (κ3) is 4.13. The molecule has 21 heavy (non-hydrogen) atoms. The van der Waals surface area contributed by atoms with Crippen LogP contribution in [-0.2, 0) is 14.8 Å². The van der Waals surface area contributed by atoms with Crippen LogP contribution in [-0.4, -0.2) is 41.8 Å². The number of hydrogen-bond donors (Lipinski definition) is 1. The van der Waals surface area contributed by atoms with Gasteiger partial charge in [-0.05, 0) is 12.1 Å². The fourth-order valence-electron chi connectivity index (χ4n) is 1.66. The number of carboxylic acid groups (broad SMARTS) is 1. The second-order valence-corrected chi connectivity index (χ2v) is 6.35. The van der Waals surface area contributed by atoms with Gasteiger partial charge in [0.2, 0.25) is 10.0 Å². The lowest BCUT2D eigenvalue weighted by atomic mass is 10.3. The Bertz CT molecular complexity index is 661. The molecule has 0 bridgehead atoms. The predicted molar refractivity (Wildman–Crippen MR) is 74.8 cm³/mol. The Labute approximate surface area is 126 Å². The number of rotatable bonds is 7. The highest BCUT2D eigenvalue weighted by atomic mass is 35.5. The number of halogens is 1. The van der Waals surface area contributed by atoms with Gasteiger partial charge in [-0.15, -0.1) is 0 Å². The lowest BCUT2D eigenvalue weighted by Gasteiger charge is -2.19. The minimum atomic E-state index is -4.17. The van der Waals surface area contributed by atoms with Gasteiger partial charge in [0, 0.05) is 24.2 Å². The third-order valence-electron chi connectivity index (χ3n) is 2.66. The van der Waals surface area contributed by atoms with E-state index in [2.05, 4.69) is 0 Å². The summed E-state index contributed by atoms with van der Waals surface area (Å²) in [5, 5.41) is 19.6. The van der Waals surface area contributed by atoms with Crippen molar-refractivity contribution in [2.24, 2.45) is 0 Å². The molecule has 0 radical (unpaired) electrons. The molecule has 1 N–H and O–H groups in total. The van der Waals surface area contributed by atoms with Gasteiger partial charge >= 0.3 is 5.97 Å². The van der Waals surface area contributed by atoms with E-state index in [1.807, 2.05) is 0 Å². The Balaban J connectivity index is 3.28. The lowest BCUT2D eigenvalue weighted by molar-refractivity contribution is -0.387. The summed E-state index contributed by atoms with van der Waals surface area (Å²) in [6.45, 7) is 1.24. The molecule has 116 valence electrons. The summed E-state index contributed by atoms with van der Waals surface area (Å²) >= 11 is 5.64. The van der Waals surface area contributed by atoms with Crippen molar-refractivity contribution in [3.05, 3.63) is 33.3 Å². The van der Waals surface area contributed by atoms with Crippen LogP contribution in [0.3, 0.4) is 0 Å². The molecular weight excluding hydrogens is 324 g/mol. The van der Waals surface area contributed by atoms with E-state index < -0.39 is 37.9 Å². The Morgan fingerprint density at radius 3 is 2.57 bits per heavy atom. The maximum atomic E-state index is 12.4. The lowest BCUT2D eigenvalue weighted by Crippen LogP contribution is -2.33. The van der Waals surface area contributed by atoms with Crippen molar-refractivity contribution < 1.29 is 23.2 Å². The van der Waals surface area contributed by atoms with Crippen LogP contribution >= 0.6 is 11.6 Å². The minimum Gasteiger partial charge on any atom is -0.481 e. The topological polar surface area (TPSA) is 118 Å². The van der Waals surface area contributed by atoms with E-state index in [0.717, 1.165) is 16.4 Å². The molecule has 0 aromatic heterocycles. The van der Waals surface area contributed by atoms with Gasteiger partial charge < -0.3 is 5.11 Å². The van der Waals surface area contributed by atoms with Crippen molar-refractivity contribution in [2.45, 2.75) is 18.2 Å². The van der Waals surface area contributed by atoms with Crippen LogP contribution < -0.4 is 0 Å². The Kier molecular flexibility index (Phi) is 5.64. The van der Waals surface area contributed by atoms with Crippen molar-refractivity contribution in [3.8, 4) is 0 Å². The summed E-state index contributed by atoms with van der Waals surface area (Å²) in [6.07, 6.45) is -0.394. The second-order valence-electron chi connectivity index (χ2n) is 4.01. The summed E-state index contributed by atoms with van der Waals surface area (Å²) in [5.41, 5.74) is -0.642. The summed E-state index contributed by atoms with van der Waals surface area (Å²) in [4.78, 5) is 20.2. The minimum absolute atomic E-state index is 0.00457. The number of benzene rings is 1. The standard InChI is InChI=1S/C11H13ClN2O6S/c1-2-13(6-5-11(15)16)21(19,20)10-4-3-8(12)7-9(10)14(17)18/h3-4,7H,2,5-6H2,1H3,(H,15,16). The molecule has 10 heteroatoms. The van der Waals surface area contributed by atoms with Crippen LogP contribution in [0.1, 0.15) is 13.3 Å². The number of nitrogens with zero attached hydrogens (tertiary/aromatic N) is 2.